The van der Waals surface area contributed by atoms with Crippen molar-refractivity contribution in [2.75, 3.05) is 12.4 Å². The molecule has 0 fully saturated rings. The van der Waals surface area contributed by atoms with Gasteiger partial charge in [-0.25, -0.2) is 18.0 Å². The Labute approximate surface area is 188 Å². The number of aromatic nitrogens is 1. The van der Waals surface area contributed by atoms with Gasteiger partial charge in [-0.15, -0.1) is 0 Å². The number of carbonyl (C=O) groups is 2. The van der Waals surface area contributed by atoms with Crippen LogP contribution in [0, 0.1) is 5.82 Å². The molecule has 3 N–H and O–H groups in total. The van der Waals surface area contributed by atoms with E-state index < -0.39 is 23.3 Å². The van der Waals surface area contributed by atoms with Crippen molar-refractivity contribution in [1.29, 1.82) is 0 Å². The molecule has 0 spiro atoms. The Morgan fingerprint density at radius 3 is 2.42 bits per heavy atom. The highest BCUT2D eigenvalue weighted by Crippen LogP contribution is 2.30. The van der Waals surface area contributed by atoms with Gasteiger partial charge >= 0.3 is 6.03 Å². The highest BCUT2D eigenvalue weighted by atomic mass is 19.3. The van der Waals surface area contributed by atoms with E-state index in [9.17, 15) is 22.8 Å². The van der Waals surface area contributed by atoms with Gasteiger partial charge in [0.1, 0.15) is 23.0 Å². The number of alkyl halides is 2. The summed E-state index contributed by atoms with van der Waals surface area (Å²) in [6.45, 7) is 0.792. The Kier molecular flexibility index (Phi) is 7.17. The molecule has 0 saturated carbocycles. The van der Waals surface area contributed by atoms with E-state index in [0.29, 0.717) is 24.0 Å². The van der Waals surface area contributed by atoms with E-state index in [1.54, 1.807) is 30.3 Å². The first-order chi connectivity index (χ1) is 15.7. The van der Waals surface area contributed by atoms with E-state index >= 15 is 0 Å². The predicted molar refractivity (Wildman–Crippen MR) is 116 cm³/mol. The number of nitrogens with one attached hydrogen (secondary N) is 3. The Hall–Kier alpha value is -4.08. The third-order valence-corrected chi connectivity index (χ3v) is 4.52. The Bertz CT molecular complexity index is 1150. The minimum Gasteiger partial charge on any atom is -0.457 e. The van der Waals surface area contributed by atoms with E-state index in [1.807, 2.05) is 0 Å². The average molecular weight is 458 g/mol. The molecule has 7 nitrogen and oxygen atoms in total. The van der Waals surface area contributed by atoms with Gasteiger partial charge in [0, 0.05) is 38.3 Å². The molecule has 33 heavy (non-hydrogen) atoms. The van der Waals surface area contributed by atoms with Crippen LogP contribution in [0.5, 0.6) is 11.5 Å². The summed E-state index contributed by atoms with van der Waals surface area (Å²) in [7, 11) is 1.50. The number of hydrogen-bond donors (Lipinski definition) is 3. The number of amides is 3. The zero-order valence-electron chi connectivity index (χ0n) is 17.8. The monoisotopic (exact) mass is 458 g/mol. The summed E-state index contributed by atoms with van der Waals surface area (Å²) < 4.78 is 46.4. The Balaban J connectivity index is 1.57. The second-order valence-corrected chi connectivity index (χ2v) is 7.09. The maximum absolute atomic E-state index is 13.9. The quantitative estimate of drug-likeness (QED) is 0.474. The summed E-state index contributed by atoms with van der Waals surface area (Å²) in [4.78, 5) is 27.7. The van der Waals surface area contributed by atoms with Crippen LogP contribution >= 0.6 is 0 Å². The van der Waals surface area contributed by atoms with Crippen LogP contribution in [0.15, 0.2) is 60.8 Å². The molecule has 0 atom stereocenters. The molecule has 10 heteroatoms. The van der Waals surface area contributed by atoms with Crippen molar-refractivity contribution in [3.05, 3.63) is 83.4 Å². The lowest BCUT2D eigenvalue weighted by molar-refractivity contribution is 0.0174. The predicted octanol–water partition coefficient (Wildman–Crippen LogP) is 4.81. The number of hydrogen-bond acceptors (Lipinski definition) is 4. The lowest BCUT2D eigenvalue weighted by Gasteiger charge is -2.14. The van der Waals surface area contributed by atoms with Crippen molar-refractivity contribution in [3.63, 3.8) is 0 Å². The lowest BCUT2D eigenvalue weighted by atomic mass is 10.1. The third kappa shape index (κ3) is 6.45. The van der Waals surface area contributed by atoms with E-state index in [0.717, 1.165) is 18.2 Å². The van der Waals surface area contributed by atoms with Crippen molar-refractivity contribution in [1.82, 2.24) is 15.6 Å². The number of anilines is 1. The number of ether oxygens (including phenoxy) is 1. The average Bonchev–Trinajstić information content (AvgIpc) is 2.79. The molecule has 1 aromatic heterocycles. The molecule has 3 amide bonds. The van der Waals surface area contributed by atoms with Gasteiger partial charge in [0.25, 0.3) is 11.8 Å². The first kappa shape index (κ1) is 23.6. The molecule has 3 rings (SSSR count). The molecule has 172 valence electrons. The van der Waals surface area contributed by atoms with Crippen molar-refractivity contribution >= 4 is 17.6 Å². The van der Waals surface area contributed by atoms with Gasteiger partial charge in [-0.2, -0.15) is 0 Å². The molecular weight excluding hydrogens is 437 g/mol. The first-order valence-corrected chi connectivity index (χ1v) is 9.83. The highest BCUT2D eigenvalue weighted by molar-refractivity contribution is 5.92. The normalized spacial score (nSPS) is 10.9. The summed E-state index contributed by atoms with van der Waals surface area (Å²) in [5, 5.41) is 7.24. The number of nitrogens with zero attached hydrogens (tertiary/aromatic N) is 1. The zero-order valence-corrected chi connectivity index (χ0v) is 17.8. The number of benzene rings is 2. The number of pyridine rings is 1. The zero-order chi connectivity index (χ0) is 24.0. The van der Waals surface area contributed by atoms with Crippen LogP contribution in [0.2, 0.25) is 0 Å². The molecule has 0 aliphatic heterocycles. The van der Waals surface area contributed by atoms with E-state index in [-0.39, 0.29) is 23.8 Å². The van der Waals surface area contributed by atoms with Crippen molar-refractivity contribution < 1.29 is 27.5 Å². The minimum absolute atomic E-state index is 0.105. The topological polar surface area (TPSA) is 92.4 Å². The van der Waals surface area contributed by atoms with Gasteiger partial charge < -0.3 is 20.7 Å². The maximum Gasteiger partial charge on any atom is 0.319 e. The van der Waals surface area contributed by atoms with Gasteiger partial charge in [0.05, 0.1) is 5.69 Å². The lowest BCUT2D eigenvalue weighted by Crippen LogP contribution is -2.28. The fourth-order valence-electron chi connectivity index (χ4n) is 2.78. The molecule has 2 aromatic carbocycles. The summed E-state index contributed by atoms with van der Waals surface area (Å²) in [6.07, 6.45) is 1.46. The third-order valence-electron chi connectivity index (χ3n) is 4.52. The van der Waals surface area contributed by atoms with Crippen LogP contribution in [0.25, 0.3) is 0 Å². The molecule has 0 saturated heterocycles. The standard InChI is InChI=1S/C23H21F3N4O3/c1-23(25,26)15-5-8-18(24)19(11-15)30-22(32)29-13-14-3-6-16(7-4-14)33-17-9-10-28-20(12-17)21(31)27-2/h3-12H,13H2,1-2H3,(H,27,31)(H2,29,30,32). The van der Waals surface area contributed by atoms with Gasteiger partial charge in [-0.05, 0) is 35.9 Å². The molecule has 0 radical (unpaired) electrons. The Morgan fingerprint density at radius 1 is 1.03 bits per heavy atom. The van der Waals surface area contributed by atoms with E-state index in [4.69, 9.17) is 4.74 Å². The Morgan fingerprint density at radius 2 is 1.76 bits per heavy atom. The van der Waals surface area contributed by atoms with Gasteiger partial charge in [0.15, 0.2) is 0 Å². The highest BCUT2D eigenvalue weighted by Gasteiger charge is 2.25. The SMILES string of the molecule is CNC(=O)c1cc(Oc2ccc(CNC(=O)Nc3cc(C(C)(F)F)ccc3F)cc2)ccn1. The van der Waals surface area contributed by atoms with Crippen LogP contribution < -0.4 is 20.7 Å². The fourth-order valence-corrected chi connectivity index (χ4v) is 2.78. The second-order valence-electron chi connectivity index (χ2n) is 7.09. The number of urea groups is 1. The van der Waals surface area contributed by atoms with Crippen LogP contribution in [0.3, 0.4) is 0 Å². The molecule has 1 heterocycles. The van der Waals surface area contributed by atoms with Crippen molar-refractivity contribution in [2.24, 2.45) is 0 Å². The van der Waals surface area contributed by atoms with Crippen molar-refractivity contribution in [2.45, 2.75) is 19.4 Å². The summed E-state index contributed by atoms with van der Waals surface area (Å²) >= 11 is 0. The summed E-state index contributed by atoms with van der Waals surface area (Å²) in [6, 6.07) is 11.8. The van der Waals surface area contributed by atoms with E-state index in [2.05, 4.69) is 20.9 Å². The molecule has 0 bridgehead atoms. The van der Waals surface area contributed by atoms with Crippen LogP contribution in [-0.2, 0) is 12.5 Å². The summed E-state index contributed by atoms with van der Waals surface area (Å²) in [5.74, 6) is -3.40. The molecule has 0 aliphatic carbocycles. The smallest absolute Gasteiger partial charge is 0.319 e. The second kappa shape index (κ2) is 10.0. The van der Waals surface area contributed by atoms with E-state index in [1.165, 1.54) is 19.3 Å². The van der Waals surface area contributed by atoms with Gasteiger partial charge in [0.2, 0.25) is 0 Å². The van der Waals surface area contributed by atoms with Gasteiger partial charge in [-0.1, -0.05) is 18.2 Å². The van der Waals surface area contributed by atoms with Crippen LogP contribution in [0.4, 0.5) is 23.7 Å². The van der Waals surface area contributed by atoms with Crippen molar-refractivity contribution in [3.8, 4) is 11.5 Å². The number of halogens is 3. The molecule has 3 aromatic rings. The van der Waals surface area contributed by atoms with Crippen LogP contribution in [-0.4, -0.2) is 24.0 Å². The van der Waals surface area contributed by atoms with Crippen LogP contribution in [0.1, 0.15) is 28.5 Å². The summed E-state index contributed by atoms with van der Waals surface area (Å²) in [5.41, 5.74) is 0.175. The van der Waals surface area contributed by atoms with Gasteiger partial charge in [-0.3, -0.25) is 9.78 Å². The molecule has 0 aliphatic rings. The minimum atomic E-state index is -3.16. The number of rotatable bonds is 7. The molecule has 0 unspecified atom stereocenters. The maximum atomic E-state index is 13.9. The fraction of sp³-hybridized carbons (Fsp3) is 0.174. The number of carbonyl (C=O) groups excluding carboxylic acids is 2. The molecular formula is C23H21F3N4O3. The largest absolute Gasteiger partial charge is 0.457 e. The first-order valence-electron chi connectivity index (χ1n) is 9.83.